The number of benzene rings is 1. The van der Waals surface area contributed by atoms with Crippen LogP contribution in [0.4, 0.5) is 5.69 Å². The van der Waals surface area contributed by atoms with E-state index in [0.29, 0.717) is 17.1 Å². The van der Waals surface area contributed by atoms with Gasteiger partial charge in [-0.25, -0.2) is 8.42 Å². The molecule has 9 heteroatoms. The van der Waals surface area contributed by atoms with Crippen LogP contribution >= 0.6 is 0 Å². The van der Waals surface area contributed by atoms with Crippen molar-refractivity contribution in [3.05, 3.63) is 48.2 Å². The molecule has 8 nitrogen and oxygen atoms in total. The number of carbonyl (C=O) groups excluding carboxylic acids is 1. The largest absolute Gasteiger partial charge is 0.506 e. The third kappa shape index (κ3) is 3.79. The summed E-state index contributed by atoms with van der Waals surface area (Å²) >= 11 is 0. The minimum Gasteiger partial charge on any atom is -0.506 e. The summed E-state index contributed by atoms with van der Waals surface area (Å²) < 4.78 is 30.3. The van der Waals surface area contributed by atoms with Crippen molar-refractivity contribution in [2.75, 3.05) is 18.0 Å². The quantitative estimate of drug-likeness (QED) is 0.686. The predicted octanol–water partition coefficient (Wildman–Crippen LogP) is 3.41. The van der Waals surface area contributed by atoms with Crippen molar-refractivity contribution >= 4 is 27.2 Å². The van der Waals surface area contributed by atoms with Gasteiger partial charge < -0.3 is 9.84 Å². The van der Waals surface area contributed by atoms with Crippen LogP contribution in [-0.2, 0) is 19.4 Å². The molecular weight excluding hydrogens is 430 g/mol. The van der Waals surface area contributed by atoms with E-state index in [9.17, 15) is 18.3 Å². The summed E-state index contributed by atoms with van der Waals surface area (Å²) in [6.07, 6.45) is 4.95. The van der Waals surface area contributed by atoms with Crippen molar-refractivity contribution in [1.82, 2.24) is 5.01 Å². The molecule has 3 rings (SSSR count). The van der Waals surface area contributed by atoms with Gasteiger partial charge in [0.1, 0.15) is 27.6 Å². The van der Waals surface area contributed by atoms with Crippen LogP contribution < -0.4 is 5.12 Å². The molecule has 0 spiro atoms. The normalized spacial score (nSPS) is 21.2. The first-order valence-electron chi connectivity index (χ1n) is 10.3. The summed E-state index contributed by atoms with van der Waals surface area (Å²) in [5.74, 6) is -1.50. The molecule has 0 bridgehead atoms. The highest BCUT2D eigenvalue weighted by molar-refractivity contribution is 7.93. The molecule has 1 unspecified atom stereocenters. The summed E-state index contributed by atoms with van der Waals surface area (Å²) in [5, 5.41) is 18.6. The van der Waals surface area contributed by atoms with Gasteiger partial charge in [0, 0.05) is 0 Å². The molecule has 0 radical (unpaired) electrons. The fourth-order valence-corrected chi connectivity index (χ4v) is 6.18. The van der Waals surface area contributed by atoms with E-state index in [1.54, 1.807) is 47.6 Å². The number of rotatable bonds is 4. The topological polar surface area (TPSA) is 99.5 Å². The number of nitrogens with zero attached hydrogens (tertiary/aromatic N) is 3. The molecule has 0 saturated heterocycles. The first-order valence-corrected chi connectivity index (χ1v) is 12.0. The van der Waals surface area contributed by atoms with Gasteiger partial charge in [-0.05, 0) is 50.5 Å². The molecule has 1 aromatic rings. The lowest BCUT2D eigenvalue weighted by Crippen LogP contribution is -2.53. The second-order valence-corrected chi connectivity index (χ2v) is 12.2. The number of hydrazone groups is 1. The molecule has 1 aliphatic carbocycles. The van der Waals surface area contributed by atoms with E-state index in [-0.39, 0.29) is 5.75 Å². The van der Waals surface area contributed by atoms with Gasteiger partial charge in [0.25, 0.3) is 0 Å². The Morgan fingerprint density at radius 1 is 1.16 bits per heavy atom. The van der Waals surface area contributed by atoms with Crippen LogP contribution in [0.1, 0.15) is 41.5 Å². The number of hydrazine groups is 1. The van der Waals surface area contributed by atoms with Gasteiger partial charge in [0.15, 0.2) is 9.84 Å². The number of sulfone groups is 1. The Balaban J connectivity index is 2.24. The minimum atomic E-state index is -4.00. The van der Waals surface area contributed by atoms with E-state index in [4.69, 9.17) is 0 Å². The maximum Gasteiger partial charge on any atom is 0.320 e. The molecule has 0 fully saturated rings. The highest BCUT2D eigenvalue weighted by Gasteiger charge is 2.54. The van der Waals surface area contributed by atoms with E-state index in [2.05, 4.69) is 9.84 Å². The first kappa shape index (κ1) is 23.8. The Hall–Kier alpha value is -2.81. The first-order chi connectivity index (χ1) is 14.6. The molecule has 32 heavy (non-hydrogen) atoms. The van der Waals surface area contributed by atoms with Crippen LogP contribution in [0.2, 0.25) is 0 Å². The van der Waals surface area contributed by atoms with Gasteiger partial charge in [-0.3, -0.25) is 9.80 Å². The standard InChI is InChI=1S/C23H31N3O5S/c1-21(2,3)23(32(29,30)15-20(28)31-7)13-12-16-18(14-23)25(22(4,5)6)26(24-16)17-10-8-9-11-19(17)27/h8-14,27H,15H2,1-7H3. The Morgan fingerprint density at radius 2 is 1.78 bits per heavy atom. The van der Waals surface area contributed by atoms with Crippen LogP contribution in [0.25, 0.3) is 0 Å². The van der Waals surface area contributed by atoms with Crippen molar-refractivity contribution < 1.29 is 23.1 Å². The number of allylic oxidation sites excluding steroid dienone is 1. The molecule has 0 saturated carbocycles. The molecule has 1 aromatic carbocycles. The summed E-state index contributed by atoms with van der Waals surface area (Å²) in [7, 11) is -2.83. The highest BCUT2D eigenvalue weighted by atomic mass is 32.2. The fourth-order valence-electron chi connectivity index (χ4n) is 4.02. The Morgan fingerprint density at radius 3 is 2.31 bits per heavy atom. The molecule has 1 N–H and O–H groups in total. The number of methoxy groups -OCH3 is 1. The van der Waals surface area contributed by atoms with Crippen molar-refractivity contribution in [2.24, 2.45) is 10.5 Å². The van der Waals surface area contributed by atoms with Crippen molar-refractivity contribution in [3.8, 4) is 5.75 Å². The SMILES string of the molecule is COC(=O)CS(=O)(=O)C1(C(C)(C)C)C=CC2=NN(c3ccccc3O)N(C(C)(C)C)C2=C1. The summed E-state index contributed by atoms with van der Waals surface area (Å²) in [6.45, 7) is 11.4. The third-order valence-corrected chi connectivity index (χ3v) is 8.19. The number of phenols is 1. The van der Waals surface area contributed by atoms with Crippen LogP contribution in [0.3, 0.4) is 0 Å². The molecule has 1 aliphatic heterocycles. The second kappa shape index (κ2) is 7.65. The molecule has 174 valence electrons. The number of hydrogen-bond donors (Lipinski definition) is 1. The van der Waals surface area contributed by atoms with Gasteiger partial charge in [0.05, 0.1) is 18.3 Å². The maximum atomic E-state index is 13.6. The number of phenolic OH excluding ortho intramolecular Hbond substituents is 1. The van der Waals surface area contributed by atoms with E-state index in [1.165, 1.54) is 7.11 Å². The van der Waals surface area contributed by atoms with Gasteiger partial charge >= 0.3 is 5.97 Å². The molecule has 0 amide bonds. The zero-order valence-corrected chi connectivity index (χ0v) is 20.4. The number of hydrogen-bond acceptors (Lipinski definition) is 8. The number of carbonyl (C=O) groups is 1. The van der Waals surface area contributed by atoms with E-state index < -0.39 is 37.3 Å². The summed E-state index contributed by atoms with van der Waals surface area (Å²) in [6, 6.07) is 6.83. The lowest BCUT2D eigenvalue weighted by atomic mass is 9.76. The van der Waals surface area contributed by atoms with E-state index >= 15 is 0 Å². The maximum absolute atomic E-state index is 13.6. The number of esters is 1. The van der Waals surface area contributed by atoms with Gasteiger partial charge in [-0.1, -0.05) is 39.0 Å². The van der Waals surface area contributed by atoms with Crippen LogP contribution in [0, 0.1) is 5.41 Å². The van der Waals surface area contributed by atoms with Gasteiger partial charge in [0.2, 0.25) is 0 Å². The average Bonchev–Trinajstić information content (AvgIpc) is 3.05. The number of ether oxygens (including phenoxy) is 1. The molecule has 1 heterocycles. The zero-order valence-electron chi connectivity index (χ0n) is 19.6. The third-order valence-electron chi connectivity index (χ3n) is 5.68. The van der Waals surface area contributed by atoms with E-state index in [0.717, 1.165) is 0 Å². The number of aromatic hydroxyl groups is 1. The van der Waals surface area contributed by atoms with E-state index in [1.807, 2.05) is 46.6 Å². The van der Waals surface area contributed by atoms with Crippen LogP contribution in [-0.4, -0.2) is 53.4 Å². The Labute approximate surface area is 189 Å². The minimum absolute atomic E-state index is 0.0507. The van der Waals surface area contributed by atoms with Crippen molar-refractivity contribution in [2.45, 2.75) is 51.8 Å². The zero-order chi connectivity index (χ0) is 24.1. The number of fused-ring (bicyclic) bond motifs is 1. The van der Waals surface area contributed by atoms with Gasteiger partial charge in [-0.2, -0.15) is 5.12 Å². The Kier molecular flexibility index (Phi) is 5.70. The lowest BCUT2D eigenvalue weighted by molar-refractivity contribution is -0.137. The number of para-hydroxylation sites is 2. The smallest absolute Gasteiger partial charge is 0.320 e. The Bertz CT molecular complexity index is 1120. The second-order valence-electron chi connectivity index (χ2n) is 9.99. The number of anilines is 1. The lowest BCUT2D eigenvalue weighted by Gasteiger charge is -2.44. The van der Waals surface area contributed by atoms with Crippen LogP contribution in [0.5, 0.6) is 5.75 Å². The monoisotopic (exact) mass is 461 g/mol. The average molecular weight is 462 g/mol. The molecule has 1 atom stereocenters. The van der Waals surface area contributed by atoms with Crippen molar-refractivity contribution in [1.29, 1.82) is 0 Å². The fraction of sp³-hybridized carbons (Fsp3) is 0.478. The van der Waals surface area contributed by atoms with Crippen molar-refractivity contribution in [3.63, 3.8) is 0 Å². The molecule has 0 aromatic heterocycles. The molecule has 2 aliphatic rings. The highest BCUT2D eigenvalue weighted by Crippen LogP contribution is 2.47. The summed E-state index contributed by atoms with van der Waals surface area (Å²) in [5.41, 5.74) is 0.335. The van der Waals surface area contributed by atoms with Gasteiger partial charge in [-0.15, -0.1) is 5.10 Å². The summed E-state index contributed by atoms with van der Waals surface area (Å²) in [4.78, 5) is 11.9. The molecular formula is C23H31N3O5S. The predicted molar refractivity (Wildman–Crippen MR) is 125 cm³/mol. The van der Waals surface area contributed by atoms with Crippen LogP contribution in [0.15, 0.2) is 53.3 Å².